The zero-order chi connectivity index (χ0) is 74.1. The Hall–Kier alpha value is -1.79. The number of aryl methyl sites for hydroxylation is 2. The average Bonchev–Trinajstić information content (AvgIpc) is 1.90. The fourth-order valence-electron chi connectivity index (χ4n) is 4.51. The highest BCUT2D eigenvalue weighted by molar-refractivity contribution is 6.15. The van der Waals surface area contributed by atoms with E-state index in [9.17, 15) is 48.3 Å². The van der Waals surface area contributed by atoms with Gasteiger partial charge in [-0.3, -0.25) is 9.07 Å². The molecule has 4 heterocycles. The lowest BCUT2D eigenvalue weighted by Crippen LogP contribution is -2.43. The molecule has 1 aromatic rings. The summed E-state index contributed by atoms with van der Waals surface area (Å²) in [6, 6.07) is 0. The standard InChI is InChI=1S/C6H12O2.C6H14O2.C5H8N2.C5H11N.C5H10O2.C5H12O2.C5H10O.C4H10.C3H5F3O.C3H6F2O.C3H8O.C3H8.C2H3F3.C2H4F2.2C2H6.CH3Cl.CH3F/c1-6(3-7-2)4-8-5-6;1-6(2,4-7)5-8-3;1-5-3-6-7(2)4-5;1-6-4-2-3-5-6;1-6-2-5-3-7-4-5;1-6-4-3-5-7-2;1-6-4-5-2-3-5;1-4(2)3;1-7-2-3(4,5)6;1-6-2-3(4)5;1-3-4-2;1-3-2;1-2(3,4)5;1-2(3)4;4*1-2/h3-5H2,1-2H3;7H,4-5H2,1-3H3;3-4H,1-2H3;2-5H2,1H3;5H,2-4H2,1H3;3-5H2,1-2H3;5H,2-4H2,1H3;4H,1-3H3;2H2,1H3;3H,2H2,1H3;3H2,1-2H3;3H2,1-2H3;1H3;2H,1H3;2*1-2H3;2*1H3. The predicted octanol–water partition coefficient (Wildman–Crippen LogP) is 16.9. The number of rotatable bonds is 17. The summed E-state index contributed by atoms with van der Waals surface area (Å²) in [5.74, 6) is 2.44. The van der Waals surface area contributed by atoms with Crippen LogP contribution in [0.3, 0.4) is 0 Å². The van der Waals surface area contributed by atoms with Gasteiger partial charge in [0.05, 0.1) is 66.2 Å². The van der Waals surface area contributed by atoms with Crippen molar-refractivity contribution < 1.29 is 106 Å². The molecular weight excluding hydrogens is 1240 g/mol. The summed E-state index contributed by atoms with van der Waals surface area (Å²) in [4.78, 5) is 2.36. The van der Waals surface area contributed by atoms with Gasteiger partial charge < -0.3 is 62.1 Å². The number of halogens is 12. The Bertz CT molecular complexity index is 1240. The fraction of sp³-hybridized carbons (Fsp3) is 0.952. The van der Waals surface area contributed by atoms with Gasteiger partial charge in [-0.05, 0) is 90.4 Å². The maximum atomic E-state index is 10.9. The van der Waals surface area contributed by atoms with E-state index >= 15 is 0 Å². The number of methoxy groups -OCH3 is 9. The first-order chi connectivity index (χ1) is 42.0. The Morgan fingerprint density at radius 3 is 1.11 bits per heavy atom. The van der Waals surface area contributed by atoms with E-state index < -0.39 is 38.4 Å². The fourth-order valence-corrected chi connectivity index (χ4v) is 4.51. The van der Waals surface area contributed by atoms with E-state index in [1.165, 1.54) is 64.2 Å². The summed E-state index contributed by atoms with van der Waals surface area (Å²) in [6.45, 7) is 40.3. The summed E-state index contributed by atoms with van der Waals surface area (Å²) < 4.78 is 169. The summed E-state index contributed by atoms with van der Waals surface area (Å²) >= 11 is 4.64. The molecule has 1 saturated carbocycles. The van der Waals surface area contributed by atoms with Gasteiger partial charge in [0, 0.05) is 134 Å². The molecule has 0 atom stereocenters. The smallest absolute Gasteiger partial charge is 0.396 e. The Kier molecular flexibility index (Phi) is 126. The number of aromatic nitrogens is 2. The van der Waals surface area contributed by atoms with Gasteiger partial charge in [-0.1, -0.05) is 89.5 Å². The molecule has 562 valence electrons. The van der Waals surface area contributed by atoms with Gasteiger partial charge in [-0.2, -0.15) is 31.4 Å². The molecule has 1 aliphatic carbocycles. The molecule has 1 aromatic heterocycles. The molecule has 90 heavy (non-hydrogen) atoms. The van der Waals surface area contributed by atoms with E-state index in [-0.39, 0.29) is 18.9 Å². The lowest BCUT2D eigenvalue weighted by Gasteiger charge is -2.37. The number of hydrogen-bond acceptors (Lipinski definition) is 14. The highest BCUT2D eigenvalue weighted by atomic mass is 35.5. The van der Waals surface area contributed by atoms with Crippen LogP contribution in [0.4, 0.5) is 48.3 Å². The summed E-state index contributed by atoms with van der Waals surface area (Å²) in [5, 5.41) is 12.6. The molecule has 4 fully saturated rings. The third-order valence-corrected chi connectivity index (χ3v) is 8.32. The van der Waals surface area contributed by atoms with Crippen LogP contribution in [-0.4, -0.2) is 235 Å². The van der Waals surface area contributed by atoms with Crippen LogP contribution in [0.5, 0.6) is 0 Å². The maximum absolute atomic E-state index is 10.9. The number of nitrogens with zero attached hydrogens (tertiary/aromatic N) is 3. The van der Waals surface area contributed by atoms with E-state index in [1.807, 2.05) is 74.8 Å². The van der Waals surface area contributed by atoms with Gasteiger partial charge in [-0.25, -0.2) is 17.6 Å². The van der Waals surface area contributed by atoms with Crippen molar-refractivity contribution in [3.8, 4) is 0 Å². The lowest BCUT2D eigenvalue weighted by atomic mass is 9.90. The van der Waals surface area contributed by atoms with Crippen LogP contribution in [-0.2, 0) is 59.2 Å². The van der Waals surface area contributed by atoms with Crippen molar-refractivity contribution >= 4 is 11.6 Å². The quantitative estimate of drug-likeness (QED) is 0.0898. The van der Waals surface area contributed by atoms with Crippen LogP contribution >= 0.6 is 11.6 Å². The molecule has 15 nitrogen and oxygen atoms in total. The molecule has 0 aromatic carbocycles. The zero-order valence-corrected chi connectivity index (χ0v) is 62.7. The molecule has 0 amide bonds. The van der Waals surface area contributed by atoms with Crippen molar-refractivity contribution in [2.45, 2.75) is 175 Å². The van der Waals surface area contributed by atoms with Crippen molar-refractivity contribution in [2.24, 2.45) is 35.6 Å². The molecular formula is C63H139ClF11N3O12. The third-order valence-electron chi connectivity index (χ3n) is 8.32. The molecule has 3 saturated heterocycles. The predicted molar refractivity (Wildman–Crippen MR) is 352 cm³/mol. The minimum absolute atomic E-state index is 0.0747. The second kappa shape index (κ2) is 95.9. The van der Waals surface area contributed by atoms with E-state index in [1.54, 1.807) is 54.5 Å². The van der Waals surface area contributed by atoms with Crippen molar-refractivity contribution in [1.82, 2.24) is 14.7 Å². The van der Waals surface area contributed by atoms with Crippen LogP contribution in [0.25, 0.3) is 0 Å². The SMILES string of the molecule is CC.CC.CC(C)C.CC(F)(F)F.CC(F)F.CCC.CCOC.CCl.CF.CN1CCCC1.COCC(C)(C)CO.COCC(F)(F)F.COCC(F)F.COCC1(C)COC1.COCC1CC1.COCC1COC1.COCCCOC.Cc1cnn(C)c1. The summed E-state index contributed by atoms with van der Waals surface area (Å²) in [6.07, 6.45) is 0.478. The van der Waals surface area contributed by atoms with Gasteiger partial charge in [-0.15, -0.1) is 11.6 Å². The van der Waals surface area contributed by atoms with Gasteiger partial charge in [0.15, 0.2) is 0 Å². The van der Waals surface area contributed by atoms with Crippen molar-refractivity contribution in [3.05, 3.63) is 18.0 Å². The zero-order valence-electron chi connectivity index (χ0n) is 61.9. The number of alkyl halides is 12. The Morgan fingerprint density at radius 1 is 0.656 bits per heavy atom. The van der Waals surface area contributed by atoms with Gasteiger partial charge in [0.2, 0.25) is 6.43 Å². The molecule has 0 bridgehead atoms. The Morgan fingerprint density at radius 2 is 1.02 bits per heavy atom. The molecule has 5 rings (SSSR count). The van der Waals surface area contributed by atoms with Crippen LogP contribution in [0.15, 0.2) is 12.4 Å². The first-order valence-corrected chi connectivity index (χ1v) is 31.0. The molecule has 1 N–H and O–H groups in total. The number of likely N-dealkylation sites (tertiary alicyclic amines) is 1. The van der Waals surface area contributed by atoms with Crippen LogP contribution in [0, 0.1) is 35.5 Å². The molecule has 27 heteroatoms. The second-order valence-electron chi connectivity index (χ2n) is 20.5. The third kappa shape index (κ3) is 173. The van der Waals surface area contributed by atoms with E-state index in [0.29, 0.717) is 25.1 Å². The monoisotopic (exact) mass is 1370 g/mol. The maximum Gasteiger partial charge on any atom is 0.411 e. The lowest BCUT2D eigenvalue weighted by molar-refractivity contribution is -0.167. The van der Waals surface area contributed by atoms with Crippen molar-refractivity contribution in [3.63, 3.8) is 0 Å². The number of hydrogen-bond donors (Lipinski definition) is 1. The largest absolute Gasteiger partial charge is 0.411 e. The minimum atomic E-state index is -4.17. The molecule has 0 radical (unpaired) electrons. The molecule has 3 aliphatic heterocycles. The first-order valence-electron chi connectivity index (χ1n) is 30.2. The number of aliphatic hydroxyl groups is 1. The van der Waals surface area contributed by atoms with Crippen molar-refractivity contribution in [1.29, 1.82) is 0 Å². The van der Waals surface area contributed by atoms with Crippen LogP contribution in [0.2, 0.25) is 0 Å². The van der Waals surface area contributed by atoms with Gasteiger partial charge in [0.1, 0.15) is 13.2 Å². The minimum Gasteiger partial charge on any atom is -0.396 e. The van der Waals surface area contributed by atoms with E-state index in [4.69, 9.17) is 43.0 Å². The summed E-state index contributed by atoms with van der Waals surface area (Å²) in [5.41, 5.74) is 1.46. The number of ether oxygens (including phenoxy) is 11. The molecule has 0 unspecified atom stereocenters. The number of aliphatic hydroxyl groups excluding tert-OH is 1. The highest BCUT2D eigenvalue weighted by Crippen LogP contribution is 2.28. The molecule has 0 spiro atoms. The van der Waals surface area contributed by atoms with Crippen LogP contribution in [0.1, 0.15) is 148 Å². The normalized spacial score (nSPS) is 13.4. The van der Waals surface area contributed by atoms with Gasteiger partial charge in [0.25, 0.3) is 6.43 Å². The topological polar surface area (TPSA) is 143 Å². The highest BCUT2D eigenvalue weighted by Gasteiger charge is 2.33. The molecule has 4 aliphatic rings. The average molecular weight is 1380 g/mol. The second-order valence-corrected chi connectivity index (χ2v) is 20.5. The van der Waals surface area contributed by atoms with Crippen LogP contribution < -0.4 is 0 Å². The van der Waals surface area contributed by atoms with E-state index in [2.05, 4.69) is 84.4 Å². The first kappa shape index (κ1) is 119. The van der Waals surface area contributed by atoms with Gasteiger partial charge >= 0.3 is 12.4 Å². The summed E-state index contributed by atoms with van der Waals surface area (Å²) in [7, 11) is 18.7. The van der Waals surface area contributed by atoms with Crippen molar-refractivity contribution in [2.75, 3.05) is 190 Å². The Balaban J connectivity index is -0.0000000643. The van der Waals surface area contributed by atoms with E-state index in [0.717, 1.165) is 98.4 Å². The Labute approximate surface area is 548 Å².